The van der Waals surface area contributed by atoms with Crippen LogP contribution < -0.4 is 0 Å². The van der Waals surface area contributed by atoms with E-state index in [0.29, 0.717) is 51.4 Å². The van der Waals surface area contributed by atoms with Crippen molar-refractivity contribution in [3.63, 3.8) is 0 Å². The van der Waals surface area contributed by atoms with Gasteiger partial charge in [0.1, 0.15) is 5.69 Å². The van der Waals surface area contributed by atoms with E-state index < -0.39 is 10.2 Å². The van der Waals surface area contributed by atoms with Gasteiger partial charge in [-0.25, -0.2) is 0 Å². The molecule has 0 N–H and O–H groups in total. The van der Waals surface area contributed by atoms with Gasteiger partial charge >= 0.3 is 0 Å². The van der Waals surface area contributed by atoms with E-state index in [4.69, 9.17) is 4.52 Å². The largest absolute Gasteiger partial charge is 0.350 e. The fourth-order valence-electron chi connectivity index (χ4n) is 3.86. The first-order valence-corrected chi connectivity index (χ1v) is 11.5. The second-order valence-electron chi connectivity index (χ2n) is 7.45. The third-order valence-corrected chi connectivity index (χ3v) is 7.54. The van der Waals surface area contributed by atoms with Crippen LogP contribution in [0.15, 0.2) is 40.9 Å². The van der Waals surface area contributed by atoms with Crippen LogP contribution in [0.25, 0.3) is 11.3 Å². The highest BCUT2D eigenvalue weighted by molar-refractivity contribution is 7.86. The molecule has 2 aliphatic rings. The summed E-state index contributed by atoms with van der Waals surface area (Å²) in [4.78, 5) is 14.5. The van der Waals surface area contributed by atoms with Crippen LogP contribution in [0, 0.1) is 0 Å². The van der Waals surface area contributed by atoms with Gasteiger partial charge in [-0.05, 0) is 19.3 Å². The van der Waals surface area contributed by atoms with Crippen molar-refractivity contribution < 1.29 is 17.7 Å². The lowest BCUT2D eigenvalue weighted by Gasteiger charge is -2.31. The third kappa shape index (κ3) is 4.36. The Bertz CT molecular complexity index is 938. The monoisotopic (exact) mass is 418 g/mol. The number of rotatable bonds is 4. The molecule has 0 spiro atoms. The molecule has 8 nitrogen and oxygen atoms in total. The number of carbonyl (C=O) groups excluding carboxylic acids is 1. The predicted octanol–water partition coefficient (Wildman–Crippen LogP) is 2.22. The number of benzene rings is 1. The normalized spacial score (nSPS) is 19.8. The van der Waals surface area contributed by atoms with E-state index >= 15 is 0 Å². The molecular weight excluding hydrogens is 392 g/mol. The fourth-order valence-corrected chi connectivity index (χ4v) is 5.58. The molecule has 1 amide bonds. The Hall–Kier alpha value is -2.23. The molecule has 1 aromatic carbocycles. The number of carbonyl (C=O) groups is 1. The first kappa shape index (κ1) is 20.1. The van der Waals surface area contributed by atoms with Crippen molar-refractivity contribution in [1.82, 2.24) is 18.7 Å². The quantitative estimate of drug-likeness (QED) is 0.760. The van der Waals surface area contributed by atoms with Gasteiger partial charge in [-0.15, -0.1) is 0 Å². The molecule has 2 fully saturated rings. The molecule has 0 unspecified atom stereocenters. The van der Waals surface area contributed by atoms with Gasteiger partial charge in [0.05, 0.1) is 0 Å². The van der Waals surface area contributed by atoms with Gasteiger partial charge in [-0.2, -0.15) is 17.0 Å². The Morgan fingerprint density at radius 1 is 0.862 bits per heavy atom. The summed E-state index contributed by atoms with van der Waals surface area (Å²) in [6.07, 6.45) is 3.49. The van der Waals surface area contributed by atoms with E-state index in [1.54, 1.807) is 15.3 Å². The van der Waals surface area contributed by atoms with E-state index in [9.17, 15) is 13.2 Å². The Morgan fingerprint density at radius 2 is 1.55 bits per heavy atom. The molecule has 2 aliphatic heterocycles. The molecular formula is C20H26N4O4S. The lowest BCUT2D eigenvalue weighted by Crippen LogP contribution is -2.47. The second-order valence-corrected chi connectivity index (χ2v) is 9.38. The van der Waals surface area contributed by atoms with Gasteiger partial charge in [0.25, 0.3) is 16.1 Å². The minimum Gasteiger partial charge on any atom is -0.350 e. The average molecular weight is 419 g/mol. The first-order valence-electron chi connectivity index (χ1n) is 10.1. The fraction of sp³-hybridized carbons (Fsp3) is 0.500. The summed E-state index contributed by atoms with van der Waals surface area (Å²) in [5, 5.41) is 4.01. The molecule has 0 atom stereocenters. The Morgan fingerprint density at radius 3 is 2.31 bits per heavy atom. The van der Waals surface area contributed by atoms with Crippen molar-refractivity contribution in [2.24, 2.45) is 0 Å². The number of nitrogens with zero attached hydrogens (tertiary/aromatic N) is 4. The minimum atomic E-state index is -3.46. The van der Waals surface area contributed by atoms with Gasteiger partial charge in [-0.3, -0.25) is 4.79 Å². The van der Waals surface area contributed by atoms with Crippen molar-refractivity contribution >= 4 is 16.1 Å². The SMILES string of the molecule is O=C(c1cc(-c2ccccc2)no1)N1CCCN(S(=O)(=O)N2CCCCC2)CC1. The Labute approximate surface area is 171 Å². The molecule has 1 aromatic heterocycles. The van der Waals surface area contributed by atoms with Gasteiger partial charge < -0.3 is 9.42 Å². The van der Waals surface area contributed by atoms with E-state index in [1.807, 2.05) is 30.3 Å². The van der Waals surface area contributed by atoms with Gasteiger partial charge in [0.2, 0.25) is 5.76 Å². The second kappa shape index (κ2) is 8.64. The molecule has 2 aromatic rings. The molecule has 2 saturated heterocycles. The summed E-state index contributed by atoms with van der Waals surface area (Å²) in [5.74, 6) is -0.0758. The van der Waals surface area contributed by atoms with E-state index in [1.165, 1.54) is 4.31 Å². The number of hydrogen-bond donors (Lipinski definition) is 0. The zero-order chi connectivity index (χ0) is 20.3. The summed E-state index contributed by atoms with van der Waals surface area (Å²) in [6, 6.07) is 11.2. The lowest BCUT2D eigenvalue weighted by molar-refractivity contribution is 0.0722. The molecule has 3 heterocycles. The zero-order valence-electron chi connectivity index (χ0n) is 16.4. The molecule has 156 valence electrons. The summed E-state index contributed by atoms with van der Waals surface area (Å²) < 4.78 is 34.2. The third-order valence-electron chi connectivity index (χ3n) is 5.50. The van der Waals surface area contributed by atoms with Gasteiger partial charge in [-0.1, -0.05) is 41.9 Å². The maximum Gasteiger partial charge on any atom is 0.292 e. The van der Waals surface area contributed by atoms with Gasteiger partial charge in [0, 0.05) is 50.9 Å². The van der Waals surface area contributed by atoms with E-state index in [0.717, 1.165) is 24.8 Å². The average Bonchev–Trinajstić information content (AvgIpc) is 3.12. The number of hydrogen-bond acceptors (Lipinski definition) is 5. The Kier molecular flexibility index (Phi) is 5.98. The van der Waals surface area contributed by atoms with Crippen LogP contribution in [0.5, 0.6) is 0 Å². The molecule has 0 radical (unpaired) electrons. The highest BCUT2D eigenvalue weighted by Crippen LogP contribution is 2.21. The van der Waals surface area contributed by atoms with Crippen LogP contribution in [-0.4, -0.2) is 72.3 Å². The standard InChI is InChI=1S/C20H26N4O4S/c25-20(19-16-18(21-28-19)17-8-3-1-4-9-17)22-10-7-13-24(15-14-22)29(26,27)23-11-5-2-6-12-23/h1,3-4,8-9,16H,2,5-7,10-15H2. The minimum absolute atomic E-state index is 0.177. The van der Waals surface area contributed by atoms with Crippen LogP contribution in [0.4, 0.5) is 0 Å². The maximum atomic E-state index is 12.9. The van der Waals surface area contributed by atoms with Crippen molar-refractivity contribution in [2.75, 3.05) is 39.3 Å². The van der Waals surface area contributed by atoms with Crippen LogP contribution >= 0.6 is 0 Å². The van der Waals surface area contributed by atoms with Gasteiger partial charge in [0.15, 0.2) is 0 Å². The summed E-state index contributed by atoms with van der Waals surface area (Å²) in [7, 11) is -3.46. The first-order chi connectivity index (χ1) is 14.1. The molecule has 4 rings (SSSR count). The van der Waals surface area contributed by atoms with E-state index in [-0.39, 0.29) is 11.7 Å². The molecule has 0 aliphatic carbocycles. The molecule has 0 bridgehead atoms. The molecule has 29 heavy (non-hydrogen) atoms. The number of piperidine rings is 1. The zero-order valence-corrected chi connectivity index (χ0v) is 17.2. The van der Waals surface area contributed by atoms with Crippen molar-refractivity contribution in [2.45, 2.75) is 25.7 Å². The Balaban J connectivity index is 1.42. The highest BCUT2D eigenvalue weighted by atomic mass is 32.2. The van der Waals surface area contributed by atoms with Crippen LogP contribution in [-0.2, 0) is 10.2 Å². The van der Waals surface area contributed by atoms with E-state index in [2.05, 4.69) is 5.16 Å². The van der Waals surface area contributed by atoms with Crippen molar-refractivity contribution in [3.8, 4) is 11.3 Å². The van der Waals surface area contributed by atoms with Crippen LogP contribution in [0.1, 0.15) is 36.2 Å². The smallest absolute Gasteiger partial charge is 0.292 e. The molecule has 9 heteroatoms. The predicted molar refractivity (Wildman–Crippen MR) is 108 cm³/mol. The van der Waals surface area contributed by atoms with Crippen LogP contribution in [0.2, 0.25) is 0 Å². The summed E-state index contributed by atoms with van der Waals surface area (Å²) >= 11 is 0. The maximum absolute atomic E-state index is 12.9. The van der Waals surface area contributed by atoms with Crippen molar-refractivity contribution in [3.05, 3.63) is 42.2 Å². The lowest BCUT2D eigenvalue weighted by atomic mass is 10.1. The highest BCUT2D eigenvalue weighted by Gasteiger charge is 2.33. The van der Waals surface area contributed by atoms with Crippen LogP contribution in [0.3, 0.4) is 0 Å². The summed E-state index contributed by atoms with van der Waals surface area (Å²) in [6.45, 7) is 2.72. The topological polar surface area (TPSA) is 87.0 Å². The number of aromatic nitrogens is 1. The van der Waals surface area contributed by atoms with Crippen molar-refractivity contribution in [1.29, 1.82) is 0 Å². The molecule has 0 saturated carbocycles. The summed E-state index contributed by atoms with van der Waals surface area (Å²) in [5.41, 5.74) is 1.49. The number of amides is 1.